The molecular formula is C21H19N3O2. The number of aromatic nitrogens is 2. The fourth-order valence-electron chi connectivity index (χ4n) is 3.16. The Morgan fingerprint density at radius 2 is 1.96 bits per heavy atom. The molecule has 0 radical (unpaired) electrons. The average molecular weight is 345 g/mol. The molecular weight excluding hydrogens is 326 g/mol. The molecule has 0 saturated carbocycles. The highest BCUT2D eigenvalue weighted by atomic mass is 16.3. The van der Waals surface area contributed by atoms with Gasteiger partial charge in [-0.15, -0.1) is 0 Å². The lowest BCUT2D eigenvalue weighted by molar-refractivity contribution is -0.120. The Balaban J connectivity index is 1.47. The first-order chi connectivity index (χ1) is 12.8. The van der Waals surface area contributed by atoms with E-state index in [2.05, 4.69) is 22.5 Å². The second-order valence-electron chi connectivity index (χ2n) is 6.14. The Labute approximate surface area is 151 Å². The summed E-state index contributed by atoms with van der Waals surface area (Å²) in [5.74, 6) is 0.740. The zero-order valence-electron chi connectivity index (χ0n) is 14.2. The van der Waals surface area contributed by atoms with Crippen molar-refractivity contribution < 1.29 is 9.21 Å². The fourth-order valence-corrected chi connectivity index (χ4v) is 3.16. The van der Waals surface area contributed by atoms with E-state index in [-0.39, 0.29) is 11.9 Å². The average Bonchev–Trinajstić information content (AvgIpc) is 3.37. The van der Waals surface area contributed by atoms with E-state index in [9.17, 15) is 4.79 Å². The molecule has 0 bridgehead atoms. The van der Waals surface area contributed by atoms with Crippen molar-refractivity contribution in [3.63, 3.8) is 0 Å². The molecule has 5 nitrogen and oxygen atoms in total. The van der Waals surface area contributed by atoms with Crippen LogP contribution < -0.4 is 5.32 Å². The third-order valence-corrected chi connectivity index (χ3v) is 4.44. The van der Waals surface area contributed by atoms with Gasteiger partial charge in [0.2, 0.25) is 5.91 Å². The van der Waals surface area contributed by atoms with Crippen LogP contribution in [-0.2, 0) is 11.2 Å². The normalized spacial score (nSPS) is 12.2. The lowest BCUT2D eigenvalue weighted by atomic mass is 10.0. The van der Waals surface area contributed by atoms with Crippen LogP contribution >= 0.6 is 0 Å². The molecule has 1 N–H and O–H groups in total. The highest BCUT2D eigenvalue weighted by molar-refractivity contribution is 5.90. The minimum Gasteiger partial charge on any atom is -0.467 e. The van der Waals surface area contributed by atoms with Crippen molar-refractivity contribution in [2.75, 3.05) is 6.54 Å². The van der Waals surface area contributed by atoms with Crippen molar-refractivity contribution in [3.05, 3.63) is 90.6 Å². The number of rotatable bonds is 6. The summed E-state index contributed by atoms with van der Waals surface area (Å²) >= 11 is 0. The molecule has 130 valence electrons. The van der Waals surface area contributed by atoms with E-state index in [0.29, 0.717) is 13.0 Å². The summed E-state index contributed by atoms with van der Waals surface area (Å²) in [6.07, 6.45) is 5.55. The summed E-state index contributed by atoms with van der Waals surface area (Å²) in [7, 11) is 0. The van der Waals surface area contributed by atoms with Gasteiger partial charge in [0.15, 0.2) is 0 Å². The van der Waals surface area contributed by atoms with E-state index in [1.165, 1.54) is 0 Å². The first-order valence-electron chi connectivity index (χ1n) is 8.57. The largest absolute Gasteiger partial charge is 0.467 e. The van der Waals surface area contributed by atoms with Crippen molar-refractivity contribution >= 4 is 16.7 Å². The number of hydrogen-bond acceptors (Lipinski definition) is 3. The van der Waals surface area contributed by atoms with Crippen LogP contribution in [0.5, 0.6) is 0 Å². The molecule has 4 aromatic rings. The van der Waals surface area contributed by atoms with E-state index in [4.69, 9.17) is 4.42 Å². The molecule has 26 heavy (non-hydrogen) atoms. The predicted octanol–water partition coefficient (Wildman–Crippen LogP) is 3.58. The molecule has 0 aliphatic rings. The number of nitrogens with one attached hydrogen (secondary N) is 1. The van der Waals surface area contributed by atoms with Crippen LogP contribution in [0.2, 0.25) is 0 Å². The second kappa shape index (κ2) is 7.27. The van der Waals surface area contributed by atoms with Crippen LogP contribution in [0.3, 0.4) is 0 Å². The Hall–Kier alpha value is -3.34. The SMILES string of the molecule is O=C(Cc1cccc2ccccc12)NC[C@H](c1ccco1)n1cccn1. The van der Waals surface area contributed by atoms with E-state index < -0.39 is 0 Å². The van der Waals surface area contributed by atoms with Gasteiger partial charge in [0.1, 0.15) is 11.8 Å². The maximum absolute atomic E-state index is 12.5. The quantitative estimate of drug-likeness (QED) is 0.581. The van der Waals surface area contributed by atoms with Crippen LogP contribution in [0.4, 0.5) is 0 Å². The van der Waals surface area contributed by atoms with E-state index in [0.717, 1.165) is 22.1 Å². The third-order valence-electron chi connectivity index (χ3n) is 4.44. The maximum Gasteiger partial charge on any atom is 0.224 e. The minimum absolute atomic E-state index is 0.0231. The standard InChI is InChI=1S/C21H19N3O2/c25-21(14-17-8-3-7-16-6-1-2-9-18(16)17)22-15-19(20-10-4-13-26-20)24-12-5-11-23-24/h1-13,19H,14-15H2,(H,22,25)/t19-/m1/s1. The van der Waals surface area contributed by atoms with Gasteiger partial charge in [-0.05, 0) is 34.5 Å². The monoisotopic (exact) mass is 345 g/mol. The van der Waals surface area contributed by atoms with Crippen molar-refractivity contribution in [3.8, 4) is 0 Å². The molecule has 0 aliphatic carbocycles. The van der Waals surface area contributed by atoms with Crippen molar-refractivity contribution in [2.24, 2.45) is 0 Å². The smallest absolute Gasteiger partial charge is 0.224 e. The fraction of sp³-hybridized carbons (Fsp3) is 0.143. The van der Waals surface area contributed by atoms with Gasteiger partial charge in [0.05, 0.1) is 12.7 Å². The van der Waals surface area contributed by atoms with Crippen molar-refractivity contribution in [2.45, 2.75) is 12.5 Å². The Morgan fingerprint density at radius 1 is 1.08 bits per heavy atom. The highest BCUT2D eigenvalue weighted by Crippen LogP contribution is 2.20. The lowest BCUT2D eigenvalue weighted by Gasteiger charge is -2.16. The molecule has 2 aromatic carbocycles. The number of nitrogens with zero attached hydrogens (tertiary/aromatic N) is 2. The first kappa shape index (κ1) is 16.1. The number of hydrogen-bond donors (Lipinski definition) is 1. The van der Waals surface area contributed by atoms with Gasteiger partial charge >= 0.3 is 0 Å². The number of benzene rings is 2. The van der Waals surface area contributed by atoms with Gasteiger partial charge in [-0.3, -0.25) is 9.48 Å². The van der Waals surface area contributed by atoms with Crippen molar-refractivity contribution in [1.82, 2.24) is 15.1 Å². The molecule has 0 spiro atoms. The van der Waals surface area contributed by atoms with E-state index in [1.807, 2.05) is 54.7 Å². The number of carbonyl (C=O) groups is 1. The molecule has 4 rings (SSSR count). The van der Waals surface area contributed by atoms with Gasteiger partial charge in [-0.1, -0.05) is 42.5 Å². The minimum atomic E-state index is -0.170. The van der Waals surface area contributed by atoms with Gasteiger partial charge in [0, 0.05) is 18.9 Å². The summed E-state index contributed by atoms with van der Waals surface area (Å²) in [5, 5.41) is 9.55. The molecule has 2 heterocycles. The number of fused-ring (bicyclic) bond motifs is 1. The summed E-state index contributed by atoms with van der Waals surface area (Å²) in [4.78, 5) is 12.5. The van der Waals surface area contributed by atoms with E-state index >= 15 is 0 Å². The Kier molecular flexibility index (Phi) is 4.51. The number of carbonyl (C=O) groups excluding carboxylic acids is 1. The van der Waals surface area contributed by atoms with Crippen LogP contribution in [0.1, 0.15) is 17.4 Å². The zero-order valence-corrected chi connectivity index (χ0v) is 14.2. The molecule has 1 amide bonds. The van der Waals surface area contributed by atoms with E-state index in [1.54, 1.807) is 17.1 Å². The second-order valence-corrected chi connectivity index (χ2v) is 6.14. The molecule has 0 fully saturated rings. The van der Waals surface area contributed by atoms with Gasteiger partial charge in [0.25, 0.3) is 0 Å². The predicted molar refractivity (Wildman–Crippen MR) is 99.7 cm³/mol. The summed E-state index contributed by atoms with van der Waals surface area (Å²) in [6.45, 7) is 0.415. The molecule has 2 aromatic heterocycles. The maximum atomic E-state index is 12.5. The number of amides is 1. The van der Waals surface area contributed by atoms with Gasteiger partial charge < -0.3 is 9.73 Å². The third kappa shape index (κ3) is 3.37. The Bertz CT molecular complexity index is 952. The van der Waals surface area contributed by atoms with Crippen LogP contribution in [0, 0.1) is 0 Å². The van der Waals surface area contributed by atoms with Gasteiger partial charge in [-0.2, -0.15) is 5.10 Å². The zero-order chi connectivity index (χ0) is 17.8. The number of furan rings is 1. The van der Waals surface area contributed by atoms with Gasteiger partial charge in [-0.25, -0.2) is 0 Å². The highest BCUT2D eigenvalue weighted by Gasteiger charge is 2.18. The van der Waals surface area contributed by atoms with Crippen LogP contribution in [-0.4, -0.2) is 22.2 Å². The molecule has 5 heteroatoms. The summed E-state index contributed by atoms with van der Waals surface area (Å²) in [6, 6.07) is 19.6. The topological polar surface area (TPSA) is 60.1 Å². The molecule has 1 atom stereocenters. The molecule has 0 saturated heterocycles. The van der Waals surface area contributed by atoms with Crippen LogP contribution in [0.15, 0.2) is 83.7 Å². The van der Waals surface area contributed by atoms with Crippen molar-refractivity contribution in [1.29, 1.82) is 0 Å². The molecule has 0 aliphatic heterocycles. The summed E-state index contributed by atoms with van der Waals surface area (Å²) < 4.78 is 7.30. The van der Waals surface area contributed by atoms with Crippen LogP contribution in [0.25, 0.3) is 10.8 Å². The molecule has 0 unspecified atom stereocenters. The summed E-state index contributed by atoms with van der Waals surface area (Å²) in [5.41, 5.74) is 1.02. The first-order valence-corrected chi connectivity index (χ1v) is 8.57. The lowest BCUT2D eigenvalue weighted by Crippen LogP contribution is -2.32. The Morgan fingerprint density at radius 3 is 2.77 bits per heavy atom.